The van der Waals surface area contributed by atoms with Crippen LogP contribution in [0.25, 0.3) is 0 Å². The van der Waals surface area contributed by atoms with E-state index >= 15 is 0 Å². The number of hydrogen-bond acceptors (Lipinski definition) is 4. The molecule has 0 aromatic heterocycles. The Morgan fingerprint density at radius 1 is 1.55 bits per heavy atom. The largest absolute Gasteiger partial charge is 0.496 e. The van der Waals surface area contributed by atoms with Crippen LogP contribution in [0.5, 0.6) is 5.75 Å². The quantitative estimate of drug-likeness (QED) is 0.374. The number of oxime groups is 1. The van der Waals surface area contributed by atoms with Crippen LogP contribution in [-0.2, 0) is 6.54 Å². The van der Waals surface area contributed by atoms with Gasteiger partial charge in [-0.15, -0.1) is 0 Å². The molecule has 1 aliphatic rings. The first-order valence-corrected chi connectivity index (χ1v) is 7.05. The second-order valence-electron chi connectivity index (χ2n) is 5.32. The molecule has 20 heavy (non-hydrogen) atoms. The van der Waals surface area contributed by atoms with Crippen molar-refractivity contribution in [2.45, 2.75) is 26.3 Å². The standard InChI is InChI=1S/C15H23N3O2/c1-3-11-6-7-18(9-11)10-12-4-5-14(20-2)13(8-12)15(16)17-19/h4-5,8,11,19H,3,6-7,9-10H2,1-2H3,(H2,16,17). The van der Waals surface area contributed by atoms with E-state index in [1.165, 1.54) is 12.8 Å². The molecule has 2 rings (SSSR count). The smallest absolute Gasteiger partial charge is 0.173 e. The van der Waals surface area contributed by atoms with E-state index in [-0.39, 0.29) is 5.84 Å². The summed E-state index contributed by atoms with van der Waals surface area (Å²) in [5.74, 6) is 1.52. The molecule has 1 fully saturated rings. The van der Waals surface area contributed by atoms with Crippen LogP contribution in [0, 0.1) is 5.92 Å². The highest BCUT2D eigenvalue weighted by Gasteiger charge is 2.21. The minimum absolute atomic E-state index is 0.0801. The van der Waals surface area contributed by atoms with E-state index in [1.807, 2.05) is 18.2 Å². The first-order chi connectivity index (χ1) is 9.67. The zero-order chi connectivity index (χ0) is 14.5. The monoisotopic (exact) mass is 277 g/mol. The molecular formula is C15H23N3O2. The van der Waals surface area contributed by atoms with Crippen LogP contribution in [0.1, 0.15) is 30.9 Å². The van der Waals surface area contributed by atoms with Crippen molar-refractivity contribution in [2.24, 2.45) is 16.8 Å². The van der Waals surface area contributed by atoms with E-state index < -0.39 is 0 Å². The molecule has 1 atom stereocenters. The number of nitrogens with two attached hydrogens (primary N) is 1. The van der Waals surface area contributed by atoms with Crippen molar-refractivity contribution < 1.29 is 9.94 Å². The SMILES string of the molecule is CCC1CCN(Cc2ccc(OC)c(/C(N)=N/O)c2)C1. The van der Waals surface area contributed by atoms with Crippen LogP contribution in [0.3, 0.4) is 0 Å². The van der Waals surface area contributed by atoms with E-state index in [1.54, 1.807) is 7.11 Å². The molecule has 1 aromatic rings. The van der Waals surface area contributed by atoms with Crippen LogP contribution in [-0.4, -0.2) is 36.1 Å². The minimum atomic E-state index is 0.0801. The average molecular weight is 277 g/mol. The topological polar surface area (TPSA) is 71.1 Å². The Morgan fingerprint density at radius 3 is 2.95 bits per heavy atom. The highest BCUT2D eigenvalue weighted by Crippen LogP contribution is 2.24. The van der Waals surface area contributed by atoms with Gasteiger partial charge in [0.1, 0.15) is 5.75 Å². The van der Waals surface area contributed by atoms with Crippen LogP contribution in [0.2, 0.25) is 0 Å². The molecule has 1 aliphatic heterocycles. The van der Waals surface area contributed by atoms with Gasteiger partial charge in [0, 0.05) is 13.1 Å². The third kappa shape index (κ3) is 3.22. The summed E-state index contributed by atoms with van der Waals surface area (Å²) >= 11 is 0. The summed E-state index contributed by atoms with van der Waals surface area (Å²) in [6.07, 6.45) is 2.52. The number of rotatable bonds is 5. The molecule has 5 heteroatoms. The maximum Gasteiger partial charge on any atom is 0.173 e. The summed E-state index contributed by atoms with van der Waals surface area (Å²) in [5, 5.41) is 11.9. The molecule has 5 nitrogen and oxygen atoms in total. The van der Waals surface area contributed by atoms with Gasteiger partial charge in [0.2, 0.25) is 0 Å². The Kier molecular flexibility index (Phi) is 4.84. The Labute approximate surface area is 120 Å². The van der Waals surface area contributed by atoms with Gasteiger partial charge in [-0.1, -0.05) is 24.6 Å². The van der Waals surface area contributed by atoms with Gasteiger partial charge in [-0.3, -0.25) is 4.90 Å². The van der Waals surface area contributed by atoms with Crippen LogP contribution in [0.4, 0.5) is 0 Å². The van der Waals surface area contributed by atoms with E-state index in [0.717, 1.165) is 31.1 Å². The molecule has 1 heterocycles. The summed E-state index contributed by atoms with van der Waals surface area (Å²) in [5.41, 5.74) is 7.49. The van der Waals surface area contributed by atoms with Crippen molar-refractivity contribution >= 4 is 5.84 Å². The molecule has 0 aliphatic carbocycles. The maximum absolute atomic E-state index is 8.85. The lowest BCUT2D eigenvalue weighted by Crippen LogP contribution is -2.21. The van der Waals surface area contributed by atoms with Gasteiger partial charge in [0.05, 0.1) is 12.7 Å². The summed E-state index contributed by atoms with van der Waals surface area (Å²) in [6.45, 7) is 5.44. The van der Waals surface area contributed by atoms with E-state index in [2.05, 4.69) is 17.0 Å². The Balaban J connectivity index is 2.13. The third-order valence-corrected chi connectivity index (χ3v) is 4.00. The van der Waals surface area contributed by atoms with Crippen molar-refractivity contribution in [3.63, 3.8) is 0 Å². The molecule has 0 amide bonds. The Bertz CT molecular complexity index is 488. The fourth-order valence-corrected chi connectivity index (χ4v) is 2.76. The molecule has 1 unspecified atom stereocenters. The van der Waals surface area contributed by atoms with Gasteiger partial charge < -0.3 is 15.7 Å². The second kappa shape index (κ2) is 6.61. The van der Waals surface area contributed by atoms with E-state index in [4.69, 9.17) is 15.7 Å². The van der Waals surface area contributed by atoms with Gasteiger partial charge in [0.25, 0.3) is 0 Å². The van der Waals surface area contributed by atoms with Crippen LogP contribution in [0.15, 0.2) is 23.4 Å². The normalized spacial score (nSPS) is 20.3. The fraction of sp³-hybridized carbons (Fsp3) is 0.533. The number of likely N-dealkylation sites (tertiary alicyclic amines) is 1. The molecule has 0 radical (unpaired) electrons. The van der Waals surface area contributed by atoms with Crippen molar-refractivity contribution in [1.29, 1.82) is 0 Å². The van der Waals surface area contributed by atoms with Gasteiger partial charge in [-0.2, -0.15) is 0 Å². The summed E-state index contributed by atoms with van der Waals surface area (Å²) in [6, 6.07) is 5.84. The summed E-state index contributed by atoms with van der Waals surface area (Å²) < 4.78 is 5.24. The lowest BCUT2D eigenvalue weighted by Gasteiger charge is -2.17. The molecule has 1 saturated heterocycles. The van der Waals surface area contributed by atoms with Crippen molar-refractivity contribution in [1.82, 2.24) is 4.90 Å². The van der Waals surface area contributed by atoms with E-state index in [9.17, 15) is 0 Å². The molecular weight excluding hydrogens is 254 g/mol. The lowest BCUT2D eigenvalue weighted by atomic mass is 10.1. The second-order valence-corrected chi connectivity index (χ2v) is 5.32. The van der Waals surface area contributed by atoms with Crippen LogP contribution >= 0.6 is 0 Å². The highest BCUT2D eigenvalue weighted by atomic mass is 16.5. The summed E-state index contributed by atoms with van der Waals surface area (Å²) in [7, 11) is 1.58. The van der Waals surface area contributed by atoms with Crippen molar-refractivity contribution in [3.8, 4) is 5.75 Å². The van der Waals surface area contributed by atoms with Crippen LogP contribution < -0.4 is 10.5 Å². The minimum Gasteiger partial charge on any atom is -0.496 e. The Morgan fingerprint density at radius 2 is 2.35 bits per heavy atom. The fourth-order valence-electron chi connectivity index (χ4n) is 2.76. The first-order valence-electron chi connectivity index (χ1n) is 7.05. The average Bonchev–Trinajstić information content (AvgIpc) is 2.94. The van der Waals surface area contributed by atoms with Gasteiger partial charge >= 0.3 is 0 Å². The zero-order valence-electron chi connectivity index (χ0n) is 12.2. The van der Waals surface area contributed by atoms with Crippen molar-refractivity contribution in [3.05, 3.63) is 29.3 Å². The number of benzene rings is 1. The number of nitrogens with zero attached hydrogens (tertiary/aromatic N) is 2. The lowest BCUT2D eigenvalue weighted by molar-refractivity contribution is 0.314. The Hall–Kier alpha value is -1.75. The van der Waals surface area contributed by atoms with Gasteiger partial charge in [-0.25, -0.2) is 0 Å². The third-order valence-electron chi connectivity index (χ3n) is 4.00. The van der Waals surface area contributed by atoms with Gasteiger partial charge in [-0.05, 0) is 36.6 Å². The van der Waals surface area contributed by atoms with E-state index in [0.29, 0.717) is 11.3 Å². The number of amidine groups is 1. The number of ether oxygens (including phenoxy) is 1. The number of methoxy groups -OCH3 is 1. The molecule has 1 aromatic carbocycles. The highest BCUT2D eigenvalue weighted by molar-refractivity contribution is 5.99. The first kappa shape index (κ1) is 14.7. The predicted octanol–water partition coefficient (Wildman–Crippen LogP) is 2.02. The summed E-state index contributed by atoms with van der Waals surface area (Å²) in [4.78, 5) is 2.45. The van der Waals surface area contributed by atoms with Crippen molar-refractivity contribution in [2.75, 3.05) is 20.2 Å². The number of hydrogen-bond donors (Lipinski definition) is 2. The molecule has 110 valence electrons. The zero-order valence-corrected chi connectivity index (χ0v) is 12.2. The predicted molar refractivity (Wildman–Crippen MR) is 79.2 cm³/mol. The molecule has 0 spiro atoms. The molecule has 0 saturated carbocycles. The van der Waals surface area contributed by atoms with Gasteiger partial charge in [0.15, 0.2) is 5.84 Å². The molecule has 3 N–H and O–H groups in total. The molecule has 0 bridgehead atoms. The maximum atomic E-state index is 8.85.